The molecule has 0 amide bonds. The van der Waals surface area contributed by atoms with Crippen LogP contribution >= 0.6 is 11.6 Å². The molecular weight excluding hydrogens is 360 g/mol. The number of rotatable bonds is 4. The van der Waals surface area contributed by atoms with E-state index in [0.29, 0.717) is 15.7 Å². The standard InChI is InChI=1S/C16H13ClN6OS/c1-22-16-11(8-19-22)3-2-4-14(16)21-25(24)13-9-20-23(10-13)15-7-12(17)5-6-18-15/h2-10,21H,1H3. The second-order valence-electron chi connectivity index (χ2n) is 5.34. The molecule has 1 aromatic carbocycles. The number of hydrogen-bond acceptors (Lipinski definition) is 4. The van der Waals surface area contributed by atoms with Crippen molar-refractivity contribution in [3.8, 4) is 5.82 Å². The van der Waals surface area contributed by atoms with E-state index in [1.165, 1.54) is 10.9 Å². The summed E-state index contributed by atoms with van der Waals surface area (Å²) in [5.41, 5.74) is 1.63. The van der Waals surface area contributed by atoms with Gasteiger partial charge in [-0.1, -0.05) is 23.7 Å². The zero-order valence-electron chi connectivity index (χ0n) is 13.1. The molecule has 0 saturated carbocycles. The maximum absolute atomic E-state index is 12.7. The topological polar surface area (TPSA) is 77.6 Å². The van der Waals surface area contributed by atoms with Crippen molar-refractivity contribution in [3.05, 3.63) is 60.1 Å². The lowest BCUT2D eigenvalue weighted by Gasteiger charge is -2.07. The number of halogens is 1. The second kappa shape index (κ2) is 6.30. The lowest BCUT2D eigenvalue weighted by Crippen LogP contribution is -2.06. The van der Waals surface area contributed by atoms with Gasteiger partial charge in [0.15, 0.2) is 16.8 Å². The molecule has 0 radical (unpaired) electrons. The number of para-hydroxylation sites is 1. The van der Waals surface area contributed by atoms with Crippen LogP contribution in [0.25, 0.3) is 16.7 Å². The second-order valence-corrected chi connectivity index (χ2v) is 6.98. The molecule has 3 aromatic heterocycles. The van der Waals surface area contributed by atoms with E-state index in [-0.39, 0.29) is 0 Å². The lowest BCUT2D eigenvalue weighted by molar-refractivity contribution is 0.686. The minimum Gasteiger partial charge on any atom is -0.299 e. The lowest BCUT2D eigenvalue weighted by atomic mass is 10.2. The maximum atomic E-state index is 12.7. The molecule has 7 nitrogen and oxygen atoms in total. The van der Waals surface area contributed by atoms with Crippen LogP contribution in [0.2, 0.25) is 5.02 Å². The fourth-order valence-electron chi connectivity index (χ4n) is 2.52. The molecule has 25 heavy (non-hydrogen) atoms. The summed E-state index contributed by atoms with van der Waals surface area (Å²) in [7, 11) is 0.370. The Bertz CT molecular complexity index is 1090. The Balaban J connectivity index is 1.62. The normalized spacial score (nSPS) is 12.4. The summed E-state index contributed by atoms with van der Waals surface area (Å²) in [6, 6.07) is 9.09. The smallest absolute Gasteiger partial charge is 0.154 e. The average Bonchev–Trinajstić information content (AvgIpc) is 3.23. The van der Waals surface area contributed by atoms with Gasteiger partial charge in [-0.25, -0.2) is 13.9 Å². The number of aromatic nitrogens is 5. The number of nitrogens with one attached hydrogen (secondary N) is 1. The molecular formula is C16H13ClN6OS. The van der Waals surface area contributed by atoms with E-state index < -0.39 is 11.0 Å². The van der Waals surface area contributed by atoms with E-state index in [4.69, 9.17) is 11.6 Å². The number of fused-ring (bicyclic) bond motifs is 1. The average molecular weight is 373 g/mol. The quantitative estimate of drug-likeness (QED) is 0.597. The molecule has 9 heteroatoms. The van der Waals surface area contributed by atoms with Crippen LogP contribution in [0.5, 0.6) is 0 Å². The summed E-state index contributed by atoms with van der Waals surface area (Å²) in [5, 5.41) is 9.97. The molecule has 4 rings (SSSR count). The van der Waals surface area contributed by atoms with Gasteiger partial charge >= 0.3 is 0 Å². The molecule has 126 valence electrons. The first-order valence-corrected chi connectivity index (χ1v) is 8.90. The molecule has 3 heterocycles. The van der Waals surface area contributed by atoms with Crippen LogP contribution in [0.3, 0.4) is 0 Å². The fraction of sp³-hybridized carbons (Fsp3) is 0.0625. The van der Waals surface area contributed by atoms with Crippen molar-refractivity contribution in [2.75, 3.05) is 4.72 Å². The minimum absolute atomic E-state index is 0.529. The highest BCUT2D eigenvalue weighted by Crippen LogP contribution is 2.24. The highest BCUT2D eigenvalue weighted by Gasteiger charge is 2.12. The predicted molar refractivity (Wildman–Crippen MR) is 97.1 cm³/mol. The molecule has 0 fully saturated rings. The SMILES string of the molecule is Cn1ncc2cccc(NS(=O)c3cnn(-c4cc(Cl)ccn4)c3)c21. The van der Waals surface area contributed by atoms with Crippen LogP contribution in [0.15, 0.2) is 60.0 Å². The van der Waals surface area contributed by atoms with Crippen molar-refractivity contribution >= 4 is 39.2 Å². The van der Waals surface area contributed by atoms with Crippen molar-refractivity contribution in [1.82, 2.24) is 24.5 Å². The molecule has 0 bridgehead atoms. The Morgan fingerprint density at radius 2 is 2.08 bits per heavy atom. The van der Waals surface area contributed by atoms with Gasteiger partial charge in [0, 0.05) is 29.7 Å². The van der Waals surface area contributed by atoms with E-state index >= 15 is 0 Å². The van der Waals surface area contributed by atoms with E-state index in [1.54, 1.807) is 35.4 Å². The molecule has 0 spiro atoms. The summed E-state index contributed by atoms with van der Waals surface area (Å²) >= 11 is 5.97. The predicted octanol–water partition coefficient (Wildman–Crippen LogP) is 2.94. The Hall–Kier alpha value is -2.71. The van der Waals surface area contributed by atoms with Crippen LogP contribution in [0, 0.1) is 0 Å². The van der Waals surface area contributed by atoms with Gasteiger partial charge in [-0.05, 0) is 12.1 Å². The molecule has 0 aliphatic rings. The van der Waals surface area contributed by atoms with Gasteiger partial charge in [0.25, 0.3) is 0 Å². The number of pyridine rings is 1. The van der Waals surface area contributed by atoms with Gasteiger partial charge in [-0.15, -0.1) is 0 Å². The molecule has 0 aliphatic carbocycles. The first-order chi connectivity index (χ1) is 12.1. The zero-order chi connectivity index (χ0) is 17.4. The maximum Gasteiger partial charge on any atom is 0.154 e. The third kappa shape index (κ3) is 3.01. The third-order valence-electron chi connectivity index (χ3n) is 3.68. The van der Waals surface area contributed by atoms with Crippen LogP contribution in [0.1, 0.15) is 0 Å². The molecule has 1 unspecified atom stereocenters. The van der Waals surface area contributed by atoms with Crippen molar-refractivity contribution in [1.29, 1.82) is 0 Å². The van der Waals surface area contributed by atoms with Crippen molar-refractivity contribution in [2.24, 2.45) is 7.05 Å². The largest absolute Gasteiger partial charge is 0.299 e. The van der Waals surface area contributed by atoms with Crippen molar-refractivity contribution in [2.45, 2.75) is 4.90 Å². The van der Waals surface area contributed by atoms with Gasteiger partial charge in [0.05, 0.1) is 34.7 Å². The third-order valence-corrected chi connectivity index (χ3v) is 4.96. The Labute approximate surface area is 150 Å². The highest BCUT2D eigenvalue weighted by molar-refractivity contribution is 7.86. The molecule has 0 aliphatic heterocycles. The number of aryl methyl sites for hydroxylation is 1. The molecule has 0 saturated heterocycles. The van der Waals surface area contributed by atoms with Gasteiger partial charge in [0.2, 0.25) is 0 Å². The van der Waals surface area contributed by atoms with Crippen molar-refractivity contribution < 1.29 is 4.21 Å². The fourth-order valence-corrected chi connectivity index (χ4v) is 3.50. The van der Waals surface area contributed by atoms with Crippen molar-refractivity contribution in [3.63, 3.8) is 0 Å². The Morgan fingerprint density at radius 1 is 1.20 bits per heavy atom. The molecule has 1 N–H and O–H groups in total. The summed E-state index contributed by atoms with van der Waals surface area (Å²) in [6.07, 6.45) is 6.56. The Morgan fingerprint density at radius 3 is 2.92 bits per heavy atom. The number of benzene rings is 1. The molecule has 4 aromatic rings. The summed E-state index contributed by atoms with van der Waals surface area (Å²) < 4.78 is 19.0. The van der Waals surface area contributed by atoms with Gasteiger partial charge in [-0.3, -0.25) is 9.40 Å². The van der Waals surface area contributed by atoms with Crippen LogP contribution in [-0.2, 0) is 18.0 Å². The molecule has 1 atom stereocenters. The van der Waals surface area contributed by atoms with Crippen LogP contribution < -0.4 is 4.72 Å². The van der Waals surface area contributed by atoms with Crippen LogP contribution in [0.4, 0.5) is 5.69 Å². The minimum atomic E-state index is -1.48. The summed E-state index contributed by atoms with van der Waals surface area (Å²) in [5.74, 6) is 0.560. The van der Waals surface area contributed by atoms with E-state index in [0.717, 1.165) is 16.6 Å². The summed E-state index contributed by atoms with van der Waals surface area (Å²) in [6.45, 7) is 0. The van der Waals surface area contributed by atoms with E-state index in [9.17, 15) is 4.21 Å². The van der Waals surface area contributed by atoms with Gasteiger partial charge < -0.3 is 0 Å². The monoisotopic (exact) mass is 372 g/mol. The van der Waals surface area contributed by atoms with Gasteiger partial charge in [-0.2, -0.15) is 10.2 Å². The first kappa shape index (κ1) is 15.8. The highest BCUT2D eigenvalue weighted by atomic mass is 35.5. The van der Waals surface area contributed by atoms with Crippen LogP contribution in [-0.4, -0.2) is 28.8 Å². The number of anilines is 1. The number of nitrogens with zero attached hydrogens (tertiary/aromatic N) is 5. The summed E-state index contributed by atoms with van der Waals surface area (Å²) in [4.78, 5) is 4.73. The number of hydrogen-bond donors (Lipinski definition) is 1. The van der Waals surface area contributed by atoms with E-state index in [2.05, 4.69) is 19.9 Å². The van der Waals surface area contributed by atoms with E-state index in [1.807, 2.05) is 25.2 Å². The first-order valence-electron chi connectivity index (χ1n) is 7.37. The Kier molecular flexibility index (Phi) is 3.98. The van der Waals surface area contributed by atoms with Gasteiger partial charge in [0.1, 0.15) is 0 Å². The zero-order valence-corrected chi connectivity index (χ0v) is 14.7.